The van der Waals surface area contributed by atoms with Crippen LogP contribution in [0.25, 0.3) is 0 Å². The van der Waals surface area contributed by atoms with Crippen molar-refractivity contribution in [2.75, 3.05) is 6.54 Å². The highest BCUT2D eigenvalue weighted by Crippen LogP contribution is 2.34. The monoisotopic (exact) mass is 289 g/mol. The third-order valence-corrected chi connectivity index (χ3v) is 3.55. The quantitative estimate of drug-likeness (QED) is 0.835. The standard InChI is InChI=1S/C10H9BrClNO2/c11-6-1-2-7(12)5-3-4-13-9(8(5)6)10(14)15/h1-2,9,13H,3-4H2,(H,14,15). The van der Waals surface area contributed by atoms with Crippen molar-refractivity contribution in [3.05, 3.63) is 32.8 Å². The number of carboxylic acids is 1. The van der Waals surface area contributed by atoms with E-state index in [2.05, 4.69) is 21.2 Å². The van der Waals surface area contributed by atoms with Gasteiger partial charge in [-0.25, -0.2) is 0 Å². The lowest BCUT2D eigenvalue weighted by molar-refractivity contribution is -0.139. The number of hydrogen-bond acceptors (Lipinski definition) is 2. The first-order valence-corrected chi connectivity index (χ1v) is 5.71. The summed E-state index contributed by atoms with van der Waals surface area (Å²) in [7, 11) is 0. The fraction of sp³-hybridized carbons (Fsp3) is 0.300. The lowest BCUT2D eigenvalue weighted by Crippen LogP contribution is -2.35. The number of aliphatic carboxylic acids is 1. The molecule has 1 heterocycles. The highest BCUT2D eigenvalue weighted by Gasteiger charge is 2.28. The van der Waals surface area contributed by atoms with E-state index in [-0.39, 0.29) is 0 Å². The summed E-state index contributed by atoms with van der Waals surface area (Å²) in [4.78, 5) is 11.1. The van der Waals surface area contributed by atoms with Gasteiger partial charge in [0.25, 0.3) is 0 Å². The number of carbonyl (C=O) groups is 1. The Bertz CT molecular complexity index is 422. The van der Waals surface area contributed by atoms with Crippen LogP contribution < -0.4 is 5.32 Å². The molecule has 0 aliphatic carbocycles. The van der Waals surface area contributed by atoms with Gasteiger partial charge < -0.3 is 10.4 Å². The molecule has 15 heavy (non-hydrogen) atoms. The zero-order chi connectivity index (χ0) is 11.0. The summed E-state index contributed by atoms with van der Waals surface area (Å²) in [6.07, 6.45) is 0.761. The summed E-state index contributed by atoms with van der Waals surface area (Å²) < 4.78 is 0.793. The maximum Gasteiger partial charge on any atom is 0.325 e. The van der Waals surface area contributed by atoms with Crippen molar-refractivity contribution < 1.29 is 9.90 Å². The van der Waals surface area contributed by atoms with E-state index in [1.54, 1.807) is 12.1 Å². The molecule has 0 spiro atoms. The lowest BCUT2D eigenvalue weighted by Gasteiger charge is -2.25. The summed E-state index contributed by atoms with van der Waals surface area (Å²) in [6, 6.07) is 2.90. The Morgan fingerprint density at radius 2 is 2.33 bits per heavy atom. The molecule has 0 aromatic heterocycles. The van der Waals surface area contributed by atoms with Gasteiger partial charge in [0.05, 0.1) is 0 Å². The molecule has 1 aromatic carbocycles. The van der Waals surface area contributed by atoms with E-state index in [9.17, 15) is 4.79 Å². The average molecular weight is 291 g/mol. The van der Waals surface area contributed by atoms with Crippen LogP contribution in [0.5, 0.6) is 0 Å². The largest absolute Gasteiger partial charge is 0.480 e. The van der Waals surface area contributed by atoms with Crippen molar-refractivity contribution in [2.45, 2.75) is 12.5 Å². The second-order valence-corrected chi connectivity index (χ2v) is 4.66. The summed E-state index contributed by atoms with van der Waals surface area (Å²) in [5, 5.41) is 12.7. The van der Waals surface area contributed by atoms with Gasteiger partial charge in [0.15, 0.2) is 0 Å². The average Bonchev–Trinajstić information content (AvgIpc) is 2.23. The maximum atomic E-state index is 11.1. The van der Waals surface area contributed by atoms with E-state index >= 15 is 0 Å². The normalized spacial score (nSPS) is 19.7. The fourth-order valence-electron chi connectivity index (χ4n) is 1.83. The molecule has 0 radical (unpaired) electrons. The van der Waals surface area contributed by atoms with Gasteiger partial charge in [0.2, 0.25) is 0 Å². The van der Waals surface area contributed by atoms with Crippen molar-refractivity contribution in [3.8, 4) is 0 Å². The van der Waals surface area contributed by atoms with Crippen LogP contribution in [0.4, 0.5) is 0 Å². The molecule has 1 aliphatic heterocycles. The molecule has 2 N–H and O–H groups in total. The first-order chi connectivity index (χ1) is 7.11. The number of halogens is 2. The van der Waals surface area contributed by atoms with E-state index in [4.69, 9.17) is 16.7 Å². The van der Waals surface area contributed by atoms with Crippen LogP contribution in [0.3, 0.4) is 0 Å². The van der Waals surface area contributed by atoms with Crippen LogP contribution in [0, 0.1) is 0 Å². The zero-order valence-corrected chi connectivity index (χ0v) is 10.1. The fourth-order valence-corrected chi connectivity index (χ4v) is 2.69. The van der Waals surface area contributed by atoms with E-state index in [1.165, 1.54) is 0 Å². The zero-order valence-electron chi connectivity index (χ0n) is 7.76. The van der Waals surface area contributed by atoms with Crippen LogP contribution in [-0.4, -0.2) is 17.6 Å². The Labute approximate surface area is 101 Å². The maximum absolute atomic E-state index is 11.1. The summed E-state index contributed by atoms with van der Waals surface area (Å²) in [5.74, 6) is -0.876. The highest BCUT2D eigenvalue weighted by atomic mass is 79.9. The number of benzene rings is 1. The predicted octanol–water partition coefficient (Wildman–Crippen LogP) is 2.37. The van der Waals surface area contributed by atoms with E-state index < -0.39 is 12.0 Å². The van der Waals surface area contributed by atoms with Gasteiger partial charge in [-0.15, -0.1) is 0 Å². The SMILES string of the molecule is O=C(O)C1NCCc2c(Cl)ccc(Br)c21. The minimum absolute atomic E-state index is 0.639. The van der Waals surface area contributed by atoms with Crippen molar-refractivity contribution in [1.82, 2.24) is 5.32 Å². The number of fused-ring (bicyclic) bond motifs is 1. The van der Waals surface area contributed by atoms with Crippen molar-refractivity contribution >= 4 is 33.5 Å². The highest BCUT2D eigenvalue weighted by molar-refractivity contribution is 9.10. The molecule has 5 heteroatoms. The van der Waals surface area contributed by atoms with Crippen molar-refractivity contribution in [1.29, 1.82) is 0 Å². The van der Waals surface area contributed by atoms with Crippen LogP contribution in [0.2, 0.25) is 5.02 Å². The van der Waals surface area contributed by atoms with E-state index in [0.717, 1.165) is 22.0 Å². The Morgan fingerprint density at radius 3 is 3.00 bits per heavy atom. The first-order valence-electron chi connectivity index (χ1n) is 4.54. The van der Waals surface area contributed by atoms with Gasteiger partial charge in [0.1, 0.15) is 6.04 Å². The number of rotatable bonds is 1. The van der Waals surface area contributed by atoms with Gasteiger partial charge in [-0.05, 0) is 29.7 Å². The Kier molecular flexibility index (Phi) is 3.00. The Morgan fingerprint density at radius 1 is 1.60 bits per heavy atom. The van der Waals surface area contributed by atoms with Gasteiger partial charge >= 0.3 is 5.97 Å². The Balaban J connectivity index is 2.59. The third kappa shape index (κ3) is 1.89. The first kappa shape index (κ1) is 10.9. The molecule has 0 fully saturated rings. The van der Waals surface area contributed by atoms with Crippen LogP contribution in [-0.2, 0) is 11.2 Å². The second kappa shape index (κ2) is 4.12. The van der Waals surface area contributed by atoms with Gasteiger partial charge in [-0.1, -0.05) is 27.5 Å². The van der Waals surface area contributed by atoms with Crippen LogP contribution in [0.1, 0.15) is 17.2 Å². The van der Waals surface area contributed by atoms with Crippen molar-refractivity contribution in [3.63, 3.8) is 0 Å². The van der Waals surface area contributed by atoms with Crippen LogP contribution in [0.15, 0.2) is 16.6 Å². The molecule has 80 valence electrons. The van der Waals surface area contributed by atoms with Gasteiger partial charge in [-0.2, -0.15) is 0 Å². The molecule has 2 rings (SSSR count). The number of hydrogen-bond donors (Lipinski definition) is 2. The molecule has 0 saturated carbocycles. The number of carboxylic acid groups (broad SMARTS) is 1. The molecule has 1 atom stereocenters. The molecule has 0 saturated heterocycles. The van der Waals surface area contributed by atoms with Gasteiger partial charge in [0, 0.05) is 16.0 Å². The Hall–Kier alpha value is -0.580. The molecule has 1 unspecified atom stereocenters. The van der Waals surface area contributed by atoms with Gasteiger partial charge in [-0.3, -0.25) is 4.79 Å². The van der Waals surface area contributed by atoms with E-state index in [1.807, 2.05) is 0 Å². The van der Waals surface area contributed by atoms with E-state index in [0.29, 0.717) is 11.6 Å². The predicted molar refractivity (Wildman–Crippen MR) is 61.2 cm³/mol. The van der Waals surface area contributed by atoms with Crippen molar-refractivity contribution in [2.24, 2.45) is 0 Å². The lowest BCUT2D eigenvalue weighted by atomic mass is 9.94. The second-order valence-electron chi connectivity index (χ2n) is 3.40. The smallest absolute Gasteiger partial charge is 0.325 e. The molecule has 0 bridgehead atoms. The molecular weight excluding hydrogens is 281 g/mol. The summed E-state index contributed by atoms with van der Waals surface area (Å²) in [5.41, 5.74) is 1.68. The summed E-state index contributed by atoms with van der Waals surface area (Å²) in [6.45, 7) is 0.639. The molecule has 0 amide bonds. The van der Waals surface area contributed by atoms with Crippen LogP contribution >= 0.6 is 27.5 Å². The minimum Gasteiger partial charge on any atom is -0.480 e. The molecule has 1 aliphatic rings. The molecular formula is C10H9BrClNO2. The molecule has 3 nitrogen and oxygen atoms in total. The molecule has 1 aromatic rings. The minimum atomic E-state index is -0.876. The number of nitrogens with one attached hydrogen (secondary N) is 1. The summed E-state index contributed by atoms with van der Waals surface area (Å²) >= 11 is 9.41. The third-order valence-electron chi connectivity index (χ3n) is 2.51. The topological polar surface area (TPSA) is 49.3 Å².